The van der Waals surface area contributed by atoms with Crippen molar-refractivity contribution in [3.63, 3.8) is 0 Å². The fourth-order valence-corrected chi connectivity index (χ4v) is 3.85. The number of likely N-dealkylation sites (tertiary alicyclic amines) is 2. The number of nitrogens with zero attached hydrogens (tertiary/aromatic N) is 2. The van der Waals surface area contributed by atoms with Gasteiger partial charge in [0.2, 0.25) is 11.8 Å². The van der Waals surface area contributed by atoms with Crippen LogP contribution >= 0.6 is 0 Å². The lowest BCUT2D eigenvalue weighted by atomic mass is 9.89. The van der Waals surface area contributed by atoms with Crippen molar-refractivity contribution in [2.24, 2.45) is 5.92 Å². The van der Waals surface area contributed by atoms with Crippen LogP contribution in [0.15, 0.2) is 0 Å². The SMILES string of the molecule is O=C(O)[C@H]1CC[C@@H](C2CCN(C(=O)CN3CCCC3=O)CC2)O1. The molecule has 0 aromatic heterocycles. The molecule has 3 aliphatic rings. The van der Waals surface area contributed by atoms with Crippen molar-refractivity contribution in [1.29, 1.82) is 0 Å². The Hall–Kier alpha value is -1.63. The van der Waals surface area contributed by atoms with E-state index in [1.54, 1.807) is 4.90 Å². The zero-order valence-electron chi connectivity index (χ0n) is 13.3. The molecular formula is C16H24N2O5. The van der Waals surface area contributed by atoms with Gasteiger partial charge in [-0.15, -0.1) is 0 Å². The molecular weight excluding hydrogens is 300 g/mol. The van der Waals surface area contributed by atoms with E-state index in [4.69, 9.17) is 9.84 Å². The number of aliphatic carboxylic acids is 1. The molecule has 1 N–H and O–H groups in total. The molecule has 0 saturated carbocycles. The first-order valence-corrected chi connectivity index (χ1v) is 8.48. The predicted molar refractivity (Wildman–Crippen MR) is 80.6 cm³/mol. The van der Waals surface area contributed by atoms with Crippen LogP contribution in [0.25, 0.3) is 0 Å². The molecule has 0 unspecified atom stereocenters. The molecule has 0 spiro atoms. The Morgan fingerprint density at radius 2 is 1.87 bits per heavy atom. The Labute approximate surface area is 135 Å². The third-order valence-corrected chi connectivity index (χ3v) is 5.24. The quantitative estimate of drug-likeness (QED) is 0.813. The van der Waals surface area contributed by atoms with Crippen LogP contribution in [0.3, 0.4) is 0 Å². The summed E-state index contributed by atoms with van der Waals surface area (Å²) in [6.07, 6.45) is 3.80. The number of carboxylic acids is 1. The summed E-state index contributed by atoms with van der Waals surface area (Å²) in [5.74, 6) is -0.450. The highest BCUT2D eigenvalue weighted by atomic mass is 16.5. The number of carboxylic acid groups (broad SMARTS) is 1. The Morgan fingerprint density at radius 3 is 2.43 bits per heavy atom. The summed E-state index contributed by atoms with van der Waals surface area (Å²) in [5.41, 5.74) is 0. The number of rotatable bonds is 4. The smallest absolute Gasteiger partial charge is 0.332 e. The van der Waals surface area contributed by atoms with Crippen molar-refractivity contribution in [3.05, 3.63) is 0 Å². The maximum absolute atomic E-state index is 12.3. The highest BCUT2D eigenvalue weighted by molar-refractivity contribution is 5.85. The van der Waals surface area contributed by atoms with Crippen LogP contribution in [0, 0.1) is 5.92 Å². The molecule has 3 fully saturated rings. The highest BCUT2D eigenvalue weighted by Crippen LogP contribution is 2.32. The zero-order chi connectivity index (χ0) is 16.4. The molecule has 7 heteroatoms. The Kier molecular flexibility index (Phi) is 4.84. The van der Waals surface area contributed by atoms with Crippen molar-refractivity contribution in [2.75, 3.05) is 26.2 Å². The molecule has 3 rings (SSSR count). The van der Waals surface area contributed by atoms with Gasteiger partial charge in [0.05, 0.1) is 12.6 Å². The number of piperidine rings is 1. The average Bonchev–Trinajstić information content (AvgIpc) is 3.17. The lowest BCUT2D eigenvalue weighted by Gasteiger charge is -2.35. The van der Waals surface area contributed by atoms with Crippen LogP contribution in [0.2, 0.25) is 0 Å². The topological polar surface area (TPSA) is 87.2 Å². The molecule has 0 aliphatic carbocycles. The van der Waals surface area contributed by atoms with Gasteiger partial charge in [0.1, 0.15) is 0 Å². The van der Waals surface area contributed by atoms with E-state index in [9.17, 15) is 14.4 Å². The van der Waals surface area contributed by atoms with Gasteiger partial charge in [0.25, 0.3) is 0 Å². The normalized spacial score (nSPS) is 29.3. The number of ether oxygens (including phenoxy) is 1. The van der Waals surface area contributed by atoms with E-state index in [1.165, 1.54) is 0 Å². The van der Waals surface area contributed by atoms with Gasteiger partial charge in [-0.2, -0.15) is 0 Å². The van der Waals surface area contributed by atoms with Crippen molar-refractivity contribution < 1.29 is 24.2 Å². The number of carbonyl (C=O) groups excluding carboxylic acids is 2. The third-order valence-electron chi connectivity index (χ3n) is 5.24. The third kappa shape index (κ3) is 3.65. The Balaban J connectivity index is 1.44. The second-order valence-corrected chi connectivity index (χ2v) is 6.72. The summed E-state index contributed by atoms with van der Waals surface area (Å²) in [7, 11) is 0. The largest absolute Gasteiger partial charge is 0.479 e. The van der Waals surface area contributed by atoms with Gasteiger partial charge in [0.15, 0.2) is 6.10 Å². The van der Waals surface area contributed by atoms with Crippen molar-refractivity contribution in [1.82, 2.24) is 9.80 Å². The zero-order valence-corrected chi connectivity index (χ0v) is 13.3. The van der Waals surface area contributed by atoms with E-state index in [2.05, 4.69) is 0 Å². The summed E-state index contributed by atoms with van der Waals surface area (Å²) in [6.45, 7) is 2.23. The molecule has 2 amide bonds. The van der Waals surface area contributed by atoms with E-state index in [0.29, 0.717) is 38.4 Å². The maximum Gasteiger partial charge on any atom is 0.332 e. The standard InChI is InChI=1S/C16H24N2O5/c19-14-2-1-7-18(14)10-15(20)17-8-5-11(6-9-17)12-3-4-13(23-12)16(21)22/h11-13H,1-10H2,(H,21,22)/t12-,13+/m0/s1. The monoisotopic (exact) mass is 324 g/mol. The Bertz CT molecular complexity index is 487. The lowest BCUT2D eigenvalue weighted by Crippen LogP contribution is -2.46. The van der Waals surface area contributed by atoms with Crippen LogP contribution in [-0.4, -0.2) is 71.1 Å². The molecule has 3 saturated heterocycles. The average molecular weight is 324 g/mol. The van der Waals surface area contributed by atoms with Crippen molar-refractivity contribution in [2.45, 2.75) is 50.7 Å². The van der Waals surface area contributed by atoms with Crippen LogP contribution < -0.4 is 0 Å². The second-order valence-electron chi connectivity index (χ2n) is 6.72. The lowest BCUT2D eigenvalue weighted by molar-refractivity contribution is -0.151. The minimum atomic E-state index is -0.879. The summed E-state index contributed by atoms with van der Waals surface area (Å²) < 4.78 is 5.62. The number of hydrogen-bond acceptors (Lipinski definition) is 4. The molecule has 0 radical (unpaired) electrons. The summed E-state index contributed by atoms with van der Waals surface area (Å²) >= 11 is 0. The van der Waals surface area contributed by atoms with Gasteiger partial charge in [0, 0.05) is 26.1 Å². The second kappa shape index (κ2) is 6.86. The van der Waals surface area contributed by atoms with Crippen molar-refractivity contribution in [3.8, 4) is 0 Å². The molecule has 7 nitrogen and oxygen atoms in total. The molecule has 23 heavy (non-hydrogen) atoms. The molecule has 0 bridgehead atoms. The van der Waals surface area contributed by atoms with Crippen LogP contribution in [0.1, 0.15) is 38.5 Å². The fraction of sp³-hybridized carbons (Fsp3) is 0.812. The maximum atomic E-state index is 12.3. The molecule has 0 aromatic rings. The number of hydrogen-bond donors (Lipinski definition) is 1. The fourth-order valence-electron chi connectivity index (χ4n) is 3.85. The molecule has 3 aliphatic heterocycles. The number of carbonyl (C=O) groups is 3. The summed E-state index contributed by atoms with van der Waals surface area (Å²) in [5, 5.41) is 8.99. The Morgan fingerprint density at radius 1 is 1.13 bits per heavy atom. The first-order valence-electron chi connectivity index (χ1n) is 8.48. The molecule has 2 atom stereocenters. The molecule has 0 aromatic carbocycles. The summed E-state index contributed by atoms with van der Waals surface area (Å²) in [4.78, 5) is 38.3. The summed E-state index contributed by atoms with van der Waals surface area (Å²) in [6, 6.07) is 0. The van der Waals surface area contributed by atoms with E-state index in [-0.39, 0.29) is 24.5 Å². The van der Waals surface area contributed by atoms with Gasteiger partial charge < -0.3 is 19.6 Å². The van der Waals surface area contributed by atoms with Crippen LogP contribution in [-0.2, 0) is 19.1 Å². The first kappa shape index (κ1) is 16.2. The van der Waals surface area contributed by atoms with E-state index in [1.807, 2.05) is 4.90 Å². The van der Waals surface area contributed by atoms with Gasteiger partial charge in [-0.05, 0) is 38.0 Å². The van der Waals surface area contributed by atoms with Gasteiger partial charge >= 0.3 is 5.97 Å². The highest BCUT2D eigenvalue weighted by Gasteiger charge is 2.37. The predicted octanol–water partition coefficient (Wildman–Crippen LogP) is 0.480. The minimum Gasteiger partial charge on any atom is -0.479 e. The van der Waals surface area contributed by atoms with Gasteiger partial charge in [-0.1, -0.05) is 0 Å². The van der Waals surface area contributed by atoms with E-state index < -0.39 is 12.1 Å². The minimum absolute atomic E-state index is 0.00788. The first-order chi connectivity index (χ1) is 11.0. The molecule has 3 heterocycles. The van der Waals surface area contributed by atoms with Gasteiger partial charge in [-0.3, -0.25) is 9.59 Å². The van der Waals surface area contributed by atoms with Crippen molar-refractivity contribution >= 4 is 17.8 Å². The number of amides is 2. The van der Waals surface area contributed by atoms with E-state index >= 15 is 0 Å². The van der Waals surface area contributed by atoms with Crippen LogP contribution in [0.5, 0.6) is 0 Å². The van der Waals surface area contributed by atoms with Gasteiger partial charge in [-0.25, -0.2) is 4.79 Å². The van der Waals surface area contributed by atoms with E-state index in [0.717, 1.165) is 25.7 Å². The van der Waals surface area contributed by atoms with Crippen LogP contribution in [0.4, 0.5) is 0 Å². The molecule has 128 valence electrons.